The van der Waals surface area contributed by atoms with Crippen molar-refractivity contribution in [3.63, 3.8) is 0 Å². The number of morpholine rings is 1. The highest BCUT2D eigenvalue weighted by Crippen LogP contribution is 2.13. The second-order valence-electron chi connectivity index (χ2n) is 7.45. The lowest BCUT2D eigenvalue weighted by Crippen LogP contribution is -2.40. The van der Waals surface area contributed by atoms with Crippen molar-refractivity contribution in [1.82, 2.24) is 20.4 Å². The summed E-state index contributed by atoms with van der Waals surface area (Å²) in [7, 11) is 5.66. The molecule has 0 aliphatic carbocycles. The van der Waals surface area contributed by atoms with Crippen LogP contribution in [0.3, 0.4) is 0 Å². The minimum Gasteiger partial charge on any atom is -0.492 e. The van der Waals surface area contributed by atoms with Crippen LogP contribution in [0.1, 0.15) is 12.0 Å². The van der Waals surface area contributed by atoms with Gasteiger partial charge in [0.05, 0.1) is 13.2 Å². The number of rotatable bonds is 13. The minimum atomic E-state index is 0. The number of methoxy groups -OCH3 is 1. The first-order chi connectivity index (χ1) is 14.7. The Kier molecular flexibility index (Phi) is 15.7. The molecule has 2 rings (SSSR count). The van der Waals surface area contributed by atoms with Crippen LogP contribution in [0.15, 0.2) is 29.3 Å². The number of benzene rings is 1. The maximum absolute atomic E-state index is 5.94. The summed E-state index contributed by atoms with van der Waals surface area (Å²) in [6, 6.07) is 8.23. The molecule has 1 aliphatic rings. The Morgan fingerprint density at radius 3 is 2.74 bits per heavy atom. The van der Waals surface area contributed by atoms with Gasteiger partial charge in [0.25, 0.3) is 0 Å². The minimum absolute atomic E-state index is 0. The van der Waals surface area contributed by atoms with Crippen molar-refractivity contribution in [2.75, 3.05) is 86.9 Å². The predicted octanol–water partition coefficient (Wildman–Crippen LogP) is 1.65. The molecule has 8 nitrogen and oxygen atoms in total. The average molecular weight is 549 g/mol. The van der Waals surface area contributed by atoms with E-state index in [9.17, 15) is 0 Å². The summed E-state index contributed by atoms with van der Waals surface area (Å²) in [6.45, 7) is 9.57. The third-order valence-corrected chi connectivity index (χ3v) is 5.04. The van der Waals surface area contributed by atoms with Gasteiger partial charge < -0.3 is 29.7 Å². The molecule has 1 aliphatic heterocycles. The van der Waals surface area contributed by atoms with E-state index in [1.807, 2.05) is 12.1 Å². The Balaban J connectivity index is 0.00000480. The molecule has 31 heavy (non-hydrogen) atoms. The number of nitrogens with zero attached hydrogens (tertiary/aromatic N) is 3. The Morgan fingerprint density at radius 2 is 2.00 bits per heavy atom. The second kappa shape index (κ2) is 17.4. The predicted molar refractivity (Wildman–Crippen MR) is 137 cm³/mol. The molecule has 2 N–H and O–H groups in total. The summed E-state index contributed by atoms with van der Waals surface area (Å²) in [5.74, 6) is 1.71. The topological polar surface area (TPSA) is 70.6 Å². The van der Waals surface area contributed by atoms with Crippen LogP contribution in [0.4, 0.5) is 0 Å². The molecule has 0 aromatic heterocycles. The van der Waals surface area contributed by atoms with E-state index in [1.54, 1.807) is 14.2 Å². The van der Waals surface area contributed by atoms with Gasteiger partial charge in [-0.3, -0.25) is 9.89 Å². The van der Waals surface area contributed by atoms with E-state index >= 15 is 0 Å². The molecule has 0 bridgehead atoms. The van der Waals surface area contributed by atoms with E-state index in [-0.39, 0.29) is 24.0 Å². The molecule has 0 radical (unpaired) electrons. The zero-order valence-corrected chi connectivity index (χ0v) is 21.6. The summed E-state index contributed by atoms with van der Waals surface area (Å²) < 4.78 is 16.4. The number of hydrogen-bond acceptors (Lipinski definition) is 6. The molecule has 9 heteroatoms. The summed E-state index contributed by atoms with van der Waals surface area (Å²) in [5, 5.41) is 6.73. The van der Waals surface area contributed by atoms with Crippen LogP contribution in [0.2, 0.25) is 0 Å². The van der Waals surface area contributed by atoms with Gasteiger partial charge in [-0.15, -0.1) is 24.0 Å². The van der Waals surface area contributed by atoms with E-state index in [1.165, 1.54) is 5.56 Å². The monoisotopic (exact) mass is 549 g/mol. The van der Waals surface area contributed by atoms with Crippen LogP contribution in [-0.4, -0.2) is 103 Å². The van der Waals surface area contributed by atoms with Gasteiger partial charge in [-0.05, 0) is 31.2 Å². The largest absolute Gasteiger partial charge is 0.492 e. The van der Waals surface area contributed by atoms with Gasteiger partial charge in [-0.25, -0.2) is 0 Å². The lowest BCUT2D eigenvalue weighted by atomic mass is 10.2. The van der Waals surface area contributed by atoms with Gasteiger partial charge in [-0.1, -0.05) is 12.1 Å². The smallest absolute Gasteiger partial charge is 0.191 e. The molecular weight excluding hydrogens is 509 g/mol. The molecule has 0 amide bonds. The van der Waals surface area contributed by atoms with Crippen LogP contribution in [0.25, 0.3) is 0 Å². The molecule has 178 valence electrons. The van der Waals surface area contributed by atoms with Crippen molar-refractivity contribution < 1.29 is 14.2 Å². The third-order valence-electron chi connectivity index (χ3n) is 5.04. The van der Waals surface area contributed by atoms with Crippen LogP contribution in [-0.2, 0) is 16.0 Å². The highest BCUT2D eigenvalue weighted by Gasteiger charge is 2.09. The van der Waals surface area contributed by atoms with Crippen molar-refractivity contribution in [2.24, 2.45) is 4.99 Å². The van der Waals surface area contributed by atoms with E-state index in [0.717, 1.165) is 77.2 Å². The fourth-order valence-electron chi connectivity index (χ4n) is 3.22. The summed E-state index contributed by atoms with van der Waals surface area (Å²) in [6.07, 6.45) is 1.05. The number of halogens is 1. The molecule has 0 saturated carbocycles. The van der Waals surface area contributed by atoms with Gasteiger partial charge in [0, 0.05) is 66.6 Å². The highest BCUT2D eigenvalue weighted by atomic mass is 127. The first kappa shape index (κ1) is 27.9. The first-order valence-electron chi connectivity index (χ1n) is 10.8. The van der Waals surface area contributed by atoms with E-state index < -0.39 is 0 Å². The normalized spacial score (nSPS) is 14.9. The molecule has 0 atom stereocenters. The molecule has 1 aromatic rings. The maximum Gasteiger partial charge on any atom is 0.191 e. The molecule has 1 heterocycles. The highest BCUT2D eigenvalue weighted by molar-refractivity contribution is 14.0. The summed E-state index contributed by atoms with van der Waals surface area (Å²) in [5.41, 5.74) is 1.17. The van der Waals surface area contributed by atoms with Crippen molar-refractivity contribution in [2.45, 2.75) is 13.0 Å². The van der Waals surface area contributed by atoms with Crippen molar-refractivity contribution in [3.05, 3.63) is 29.8 Å². The zero-order chi connectivity index (χ0) is 21.4. The summed E-state index contributed by atoms with van der Waals surface area (Å²) in [4.78, 5) is 8.97. The fourth-order valence-corrected chi connectivity index (χ4v) is 3.22. The van der Waals surface area contributed by atoms with Crippen LogP contribution >= 0.6 is 24.0 Å². The number of hydrogen-bond donors (Lipinski definition) is 2. The van der Waals surface area contributed by atoms with E-state index in [2.05, 4.69) is 44.6 Å². The maximum atomic E-state index is 5.94. The SMILES string of the molecule is CN=C(NCCN(C)CCCOC)NCc1cccc(OCCN2CCOCC2)c1.I. The molecule has 0 spiro atoms. The van der Waals surface area contributed by atoms with Gasteiger partial charge in [0.15, 0.2) is 5.96 Å². The first-order valence-corrected chi connectivity index (χ1v) is 10.8. The van der Waals surface area contributed by atoms with Gasteiger partial charge in [-0.2, -0.15) is 0 Å². The van der Waals surface area contributed by atoms with Crippen molar-refractivity contribution >= 4 is 29.9 Å². The number of nitrogens with one attached hydrogen (secondary N) is 2. The summed E-state index contributed by atoms with van der Waals surface area (Å²) >= 11 is 0. The van der Waals surface area contributed by atoms with Gasteiger partial charge in [0.1, 0.15) is 12.4 Å². The Hall–Kier alpha value is -1.14. The molecule has 1 aromatic carbocycles. The second-order valence-corrected chi connectivity index (χ2v) is 7.45. The van der Waals surface area contributed by atoms with Crippen LogP contribution in [0.5, 0.6) is 5.75 Å². The Morgan fingerprint density at radius 1 is 1.19 bits per heavy atom. The van der Waals surface area contributed by atoms with Crippen LogP contribution in [0, 0.1) is 0 Å². The number of likely N-dealkylation sites (N-methyl/N-ethyl adjacent to an activating group) is 1. The quantitative estimate of drug-likeness (QED) is 0.168. The zero-order valence-electron chi connectivity index (χ0n) is 19.3. The van der Waals surface area contributed by atoms with Gasteiger partial charge >= 0.3 is 0 Å². The van der Waals surface area contributed by atoms with Crippen molar-refractivity contribution in [1.29, 1.82) is 0 Å². The molecule has 1 fully saturated rings. The molecular formula is C22H40IN5O3. The Bertz CT molecular complexity index is 615. The Labute approximate surface area is 204 Å². The third kappa shape index (κ3) is 12.5. The number of guanidine groups is 1. The van der Waals surface area contributed by atoms with E-state index in [0.29, 0.717) is 13.2 Å². The fraction of sp³-hybridized carbons (Fsp3) is 0.682. The van der Waals surface area contributed by atoms with Crippen molar-refractivity contribution in [3.8, 4) is 5.75 Å². The number of ether oxygens (including phenoxy) is 3. The van der Waals surface area contributed by atoms with Crippen LogP contribution < -0.4 is 15.4 Å². The number of aliphatic imine (C=N–C) groups is 1. The van der Waals surface area contributed by atoms with Gasteiger partial charge in [0.2, 0.25) is 0 Å². The molecule has 1 saturated heterocycles. The lowest BCUT2D eigenvalue weighted by Gasteiger charge is -2.26. The lowest BCUT2D eigenvalue weighted by molar-refractivity contribution is 0.0322. The average Bonchev–Trinajstić information content (AvgIpc) is 2.77. The molecule has 0 unspecified atom stereocenters. The standard InChI is InChI=1S/C22H39N5O3.HI/c1-23-22(24-8-10-26(2)9-5-14-28-3)25-19-20-6-4-7-21(18-20)30-17-13-27-11-15-29-16-12-27;/h4,6-7,18H,5,8-17,19H2,1-3H3,(H2,23,24,25);1H. The van der Waals surface area contributed by atoms with E-state index in [4.69, 9.17) is 14.2 Å².